The highest BCUT2D eigenvalue weighted by Crippen LogP contribution is 2.38. The van der Waals surface area contributed by atoms with E-state index in [2.05, 4.69) is 76.1 Å². The quantitative estimate of drug-likeness (QED) is 0.248. The normalized spacial score (nSPS) is 21.0. The number of nitrogens with zero attached hydrogens (tertiary/aromatic N) is 1. The topological polar surface area (TPSA) is 48.0 Å². The number of carbonyl (C=O) groups excluding carboxylic acids is 1. The SMILES string of the molecule is Cc1cccc(C(CC(=O)CCC2CCC(CN)CC2)c2cn(CC3CCCCC3)c3ccc(Br)cc23)c1.Cl. The average molecular weight is 614 g/mol. The molecule has 0 aliphatic heterocycles. The molecule has 5 heteroatoms. The van der Waals surface area contributed by atoms with Gasteiger partial charge in [0, 0.05) is 46.9 Å². The van der Waals surface area contributed by atoms with Gasteiger partial charge in [-0.1, -0.05) is 77.9 Å². The highest BCUT2D eigenvalue weighted by Gasteiger charge is 2.26. The molecule has 1 aromatic heterocycles. The second kappa shape index (κ2) is 14.3. The van der Waals surface area contributed by atoms with Crippen molar-refractivity contribution in [2.24, 2.45) is 23.5 Å². The van der Waals surface area contributed by atoms with Crippen molar-refractivity contribution in [1.29, 1.82) is 0 Å². The fourth-order valence-electron chi connectivity index (χ4n) is 7.12. The third-order valence-corrected chi connectivity index (χ3v) is 9.93. The van der Waals surface area contributed by atoms with Crippen LogP contribution in [-0.2, 0) is 11.3 Å². The first-order valence-corrected chi connectivity index (χ1v) is 15.9. The first-order chi connectivity index (χ1) is 18.5. The van der Waals surface area contributed by atoms with Gasteiger partial charge in [0.25, 0.3) is 0 Å². The van der Waals surface area contributed by atoms with E-state index in [0.29, 0.717) is 30.5 Å². The number of aryl methyl sites for hydroxylation is 1. The minimum absolute atomic E-state index is 0. The zero-order chi connectivity index (χ0) is 26.5. The molecule has 212 valence electrons. The molecule has 0 spiro atoms. The number of Topliss-reactive ketones (excluding diaryl/α,β-unsaturated/α-hetero) is 1. The highest BCUT2D eigenvalue weighted by molar-refractivity contribution is 9.10. The Labute approximate surface area is 249 Å². The zero-order valence-corrected chi connectivity index (χ0v) is 25.9. The lowest BCUT2D eigenvalue weighted by molar-refractivity contribution is -0.119. The highest BCUT2D eigenvalue weighted by atomic mass is 79.9. The molecule has 2 fully saturated rings. The van der Waals surface area contributed by atoms with Crippen molar-refractivity contribution < 1.29 is 4.79 Å². The summed E-state index contributed by atoms with van der Waals surface area (Å²) in [5.74, 6) is 2.62. The van der Waals surface area contributed by atoms with E-state index in [-0.39, 0.29) is 18.3 Å². The first kappa shape index (κ1) is 30.3. The van der Waals surface area contributed by atoms with E-state index < -0.39 is 0 Å². The van der Waals surface area contributed by atoms with Crippen molar-refractivity contribution in [3.8, 4) is 0 Å². The Balaban J connectivity index is 0.00000353. The number of rotatable bonds is 10. The molecule has 1 heterocycles. The fraction of sp³-hybridized carbons (Fsp3) is 0.559. The number of hydrogen-bond acceptors (Lipinski definition) is 2. The van der Waals surface area contributed by atoms with Gasteiger partial charge in [-0.15, -0.1) is 12.4 Å². The summed E-state index contributed by atoms with van der Waals surface area (Å²) in [6.07, 6.45) is 16.4. The van der Waals surface area contributed by atoms with Crippen molar-refractivity contribution in [3.05, 3.63) is 69.8 Å². The van der Waals surface area contributed by atoms with E-state index in [9.17, 15) is 4.79 Å². The van der Waals surface area contributed by atoms with Crippen molar-refractivity contribution in [2.75, 3.05) is 6.54 Å². The summed E-state index contributed by atoms with van der Waals surface area (Å²) in [5.41, 5.74) is 11.0. The molecule has 2 aromatic carbocycles. The molecule has 2 saturated carbocycles. The van der Waals surface area contributed by atoms with Gasteiger partial charge >= 0.3 is 0 Å². The van der Waals surface area contributed by atoms with Crippen molar-refractivity contribution in [1.82, 2.24) is 4.57 Å². The van der Waals surface area contributed by atoms with Gasteiger partial charge in [-0.3, -0.25) is 4.79 Å². The van der Waals surface area contributed by atoms with Crippen LogP contribution in [0.3, 0.4) is 0 Å². The Morgan fingerprint density at radius 3 is 2.44 bits per heavy atom. The lowest BCUT2D eigenvalue weighted by Gasteiger charge is -2.27. The van der Waals surface area contributed by atoms with Crippen molar-refractivity contribution in [2.45, 2.75) is 96.4 Å². The van der Waals surface area contributed by atoms with Crippen LogP contribution in [0.1, 0.15) is 99.7 Å². The molecule has 1 unspecified atom stereocenters. The summed E-state index contributed by atoms with van der Waals surface area (Å²) in [6.45, 7) is 4.05. The van der Waals surface area contributed by atoms with Gasteiger partial charge in [0.1, 0.15) is 5.78 Å². The van der Waals surface area contributed by atoms with Gasteiger partial charge in [0.2, 0.25) is 0 Å². The maximum atomic E-state index is 13.5. The van der Waals surface area contributed by atoms with Crippen LogP contribution in [0.25, 0.3) is 10.9 Å². The molecule has 0 amide bonds. The van der Waals surface area contributed by atoms with Gasteiger partial charge in [-0.25, -0.2) is 0 Å². The molecule has 3 aromatic rings. The number of hydrogen-bond donors (Lipinski definition) is 1. The summed E-state index contributed by atoms with van der Waals surface area (Å²) in [4.78, 5) is 13.5. The van der Waals surface area contributed by atoms with E-state index >= 15 is 0 Å². The molecule has 0 saturated heterocycles. The van der Waals surface area contributed by atoms with E-state index in [0.717, 1.165) is 29.9 Å². The van der Waals surface area contributed by atoms with Crippen LogP contribution in [0.2, 0.25) is 0 Å². The van der Waals surface area contributed by atoms with Crippen LogP contribution in [0.15, 0.2) is 53.1 Å². The van der Waals surface area contributed by atoms with E-state index in [1.54, 1.807) is 0 Å². The number of carbonyl (C=O) groups is 1. The van der Waals surface area contributed by atoms with Crippen LogP contribution in [0.4, 0.5) is 0 Å². The minimum atomic E-state index is 0. The molecule has 39 heavy (non-hydrogen) atoms. The average Bonchev–Trinajstić information content (AvgIpc) is 3.28. The predicted octanol–water partition coefficient (Wildman–Crippen LogP) is 9.35. The van der Waals surface area contributed by atoms with Crippen molar-refractivity contribution in [3.63, 3.8) is 0 Å². The third kappa shape index (κ3) is 7.77. The number of fused-ring (bicyclic) bond motifs is 1. The molecule has 2 N–H and O–H groups in total. The van der Waals surface area contributed by atoms with Crippen LogP contribution in [0.5, 0.6) is 0 Å². The number of aromatic nitrogens is 1. The minimum Gasteiger partial charge on any atom is -0.347 e. The molecule has 0 radical (unpaired) electrons. The van der Waals surface area contributed by atoms with Gasteiger partial charge in [-0.2, -0.15) is 0 Å². The van der Waals surface area contributed by atoms with Gasteiger partial charge in [0.15, 0.2) is 0 Å². The standard InChI is InChI=1S/C34H45BrN2O.ClH/c1-24-6-5-9-28(18-24)31(20-30(38)16-14-25-10-12-26(21-36)13-11-25)33-23-37(22-27-7-3-2-4-8-27)34-17-15-29(35)19-32(33)34;/h5-6,9,15,17-19,23,25-27,31H,2-4,7-8,10-14,16,20-22,36H2,1H3;1H. The number of ketones is 1. The zero-order valence-electron chi connectivity index (χ0n) is 23.5. The van der Waals surface area contributed by atoms with E-state index in [1.807, 2.05) is 0 Å². The number of halogens is 2. The molecule has 3 nitrogen and oxygen atoms in total. The van der Waals surface area contributed by atoms with Gasteiger partial charge < -0.3 is 10.3 Å². The molecule has 5 rings (SSSR count). The molecular weight excluding hydrogens is 568 g/mol. The summed E-state index contributed by atoms with van der Waals surface area (Å²) < 4.78 is 3.60. The number of benzene rings is 2. The van der Waals surface area contributed by atoms with Crippen LogP contribution in [0, 0.1) is 24.7 Å². The Hall–Kier alpha value is -1.62. The van der Waals surface area contributed by atoms with Crippen LogP contribution < -0.4 is 5.73 Å². The Kier molecular flexibility index (Phi) is 11.1. The van der Waals surface area contributed by atoms with Gasteiger partial charge in [0.05, 0.1) is 0 Å². The largest absolute Gasteiger partial charge is 0.347 e. The molecule has 2 aliphatic carbocycles. The predicted molar refractivity (Wildman–Crippen MR) is 170 cm³/mol. The Morgan fingerprint density at radius 1 is 0.974 bits per heavy atom. The maximum Gasteiger partial charge on any atom is 0.133 e. The fourth-order valence-corrected chi connectivity index (χ4v) is 7.48. The number of nitrogens with two attached hydrogens (primary N) is 1. The Bertz CT molecular complexity index is 1220. The lowest BCUT2D eigenvalue weighted by Crippen LogP contribution is -2.22. The van der Waals surface area contributed by atoms with Crippen LogP contribution in [-0.4, -0.2) is 16.9 Å². The van der Waals surface area contributed by atoms with E-state index in [1.165, 1.54) is 85.4 Å². The summed E-state index contributed by atoms with van der Waals surface area (Å²) in [7, 11) is 0. The van der Waals surface area contributed by atoms with Crippen LogP contribution >= 0.6 is 28.3 Å². The molecule has 1 atom stereocenters. The lowest BCUT2D eigenvalue weighted by atomic mass is 9.79. The molecule has 0 bridgehead atoms. The molecular formula is C34H46BrClN2O. The van der Waals surface area contributed by atoms with E-state index in [4.69, 9.17) is 5.73 Å². The summed E-state index contributed by atoms with van der Waals surface area (Å²) >= 11 is 3.74. The summed E-state index contributed by atoms with van der Waals surface area (Å²) in [6, 6.07) is 15.5. The second-order valence-corrected chi connectivity index (χ2v) is 13.2. The maximum absolute atomic E-state index is 13.5. The smallest absolute Gasteiger partial charge is 0.133 e. The first-order valence-electron chi connectivity index (χ1n) is 15.1. The van der Waals surface area contributed by atoms with Crippen molar-refractivity contribution >= 4 is 45.0 Å². The molecule has 2 aliphatic rings. The second-order valence-electron chi connectivity index (χ2n) is 12.3. The Morgan fingerprint density at radius 2 is 1.72 bits per heavy atom. The summed E-state index contributed by atoms with van der Waals surface area (Å²) in [5, 5.41) is 1.29. The third-order valence-electron chi connectivity index (χ3n) is 9.44. The van der Waals surface area contributed by atoms with Gasteiger partial charge in [-0.05, 0) is 92.7 Å². The monoisotopic (exact) mass is 612 g/mol.